The van der Waals surface area contributed by atoms with E-state index < -0.39 is 0 Å². The van der Waals surface area contributed by atoms with Gasteiger partial charge in [-0.25, -0.2) is 4.39 Å². The van der Waals surface area contributed by atoms with Crippen LogP contribution in [0.3, 0.4) is 0 Å². The van der Waals surface area contributed by atoms with Crippen molar-refractivity contribution in [3.63, 3.8) is 0 Å². The van der Waals surface area contributed by atoms with Gasteiger partial charge in [0.05, 0.1) is 12.3 Å². The van der Waals surface area contributed by atoms with Crippen molar-refractivity contribution in [2.24, 2.45) is 0 Å². The van der Waals surface area contributed by atoms with Crippen LogP contribution in [0.2, 0.25) is 0 Å². The number of ether oxygens (including phenoxy) is 2. The molecule has 7 heteroatoms. The van der Waals surface area contributed by atoms with Crippen molar-refractivity contribution in [1.29, 1.82) is 0 Å². The summed E-state index contributed by atoms with van der Waals surface area (Å²) in [6.45, 7) is 3.84. The molecule has 0 amide bonds. The summed E-state index contributed by atoms with van der Waals surface area (Å²) in [4.78, 5) is 13.2. The van der Waals surface area contributed by atoms with Gasteiger partial charge in [-0.05, 0) is 67.7 Å². The lowest BCUT2D eigenvalue weighted by molar-refractivity contribution is 0.0106. The molecule has 0 saturated carbocycles. The van der Waals surface area contributed by atoms with E-state index in [1.807, 2.05) is 48.5 Å². The van der Waals surface area contributed by atoms with Crippen LogP contribution < -0.4 is 4.74 Å². The summed E-state index contributed by atoms with van der Waals surface area (Å²) in [6, 6.07) is 20.0. The van der Waals surface area contributed by atoms with E-state index in [0.29, 0.717) is 23.7 Å². The number of piperidine rings is 1. The summed E-state index contributed by atoms with van der Waals surface area (Å²) in [6.07, 6.45) is 3.81. The van der Waals surface area contributed by atoms with Crippen LogP contribution in [-0.4, -0.2) is 49.4 Å². The van der Waals surface area contributed by atoms with Crippen molar-refractivity contribution in [2.75, 3.05) is 33.0 Å². The summed E-state index contributed by atoms with van der Waals surface area (Å²) in [5, 5.41) is 5.15. The fourth-order valence-electron chi connectivity index (χ4n) is 4.71. The van der Waals surface area contributed by atoms with Gasteiger partial charge < -0.3 is 18.9 Å². The highest BCUT2D eigenvalue weighted by Gasteiger charge is 2.24. The number of rotatable bonds is 10. The first-order chi connectivity index (χ1) is 17.7. The fraction of sp³-hybridized carbons (Fsp3) is 0.310. The van der Waals surface area contributed by atoms with Gasteiger partial charge in [-0.15, -0.1) is 0 Å². The molecule has 6 nitrogen and oxygen atoms in total. The van der Waals surface area contributed by atoms with Crippen molar-refractivity contribution in [3.05, 3.63) is 83.8 Å². The zero-order valence-electron chi connectivity index (χ0n) is 20.1. The average molecular weight is 489 g/mol. The second kappa shape index (κ2) is 11.5. The summed E-state index contributed by atoms with van der Waals surface area (Å²) in [5.74, 6) is 0.803. The molecule has 36 heavy (non-hydrogen) atoms. The van der Waals surface area contributed by atoms with Gasteiger partial charge in [0.15, 0.2) is 12.4 Å². The molecule has 0 unspecified atom stereocenters. The lowest BCUT2D eigenvalue weighted by atomic mass is 9.91. The number of fused-ring (bicyclic) bond motifs is 1. The summed E-state index contributed by atoms with van der Waals surface area (Å²) in [5.41, 5.74) is 4.26. The Morgan fingerprint density at radius 2 is 1.72 bits per heavy atom. The molecule has 0 atom stereocenters. The zero-order chi connectivity index (χ0) is 24.7. The molecular weight excluding hydrogens is 459 g/mol. The number of carbonyl (C=O) groups is 1. The molecule has 0 bridgehead atoms. The number of halogens is 1. The molecule has 0 spiro atoms. The van der Waals surface area contributed by atoms with Gasteiger partial charge in [0.1, 0.15) is 17.9 Å². The zero-order valence-corrected chi connectivity index (χ0v) is 20.1. The Morgan fingerprint density at radius 3 is 2.44 bits per heavy atom. The van der Waals surface area contributed by atoms with E-state index in [-0.39, 0.29) is 12.6 Å². The van der Waals surface area contributed by atoms with E-state index in [9.17, 15) is 9.18 Å². The van der Waals surface area contributed by atoms with Gasteiger partial charge in [-0.2, -0.15) is 0 Å². The molecule has 0 N–H and O–H groups in total. The van der Waals surface area contributed by atoms with Crippen molar-refractivity contribution >= 4 is 17.3 Å². The minimum Gasteiger partial charge on any atom is -0.468 e. The molecule has 0 radical (unpaired) electrons. The standard InChI is InChI=1S/C29H29FN2O4/c30-25-8-11-27-28(18-25)36-31-29(27)24-12-15-32(16-13-24)14-1-17-34-20-35-26-9-6-23(7-10-26)22-4-2-21(19-33)3-5-22/h2-11,18-19,24H,1,12-17,20H2. The molecule has 0 aliphatic carbocycles. The minimum atomic E-state index is -0.301. The fourth-order valence-corrected chi connectivity index (χ4v) is 4.71. The molecule has 1 aliphatic rings. The summed E-state index contributed by atoms with van der Waals surface area (Å²) < 4.78 is 30.1. The van der Waals surface area contributed by atoms with Crippen LogP contribution in [-0.2, 0) is 4.74 Å². The van der Waals surface area contributed by atoms with Crippen molar-refractivity contribution in [3.8, 4) is 16.9 Å². The number of carbonyl (C=O) groups excluding carboxylic acids is 1. The Hall–Kier alpha value is -3.55. The predicted octanol–water partition coefficient (Wildman–Crippen LogP) is 6.07. The van der Waals surface area contributed by atoms with E-state index in [1.165, 1.54) is 12.1 Å². The third kappa shape index (κ3) is 5.80. The number of hydrogen-bond acceptors (Lipinski definition) is 6. The molecular formula is C29H29FN2O4. The smallest absolute Gasteiger partial charge is 0.189 e. The largest absolute Gasteiger partial charge is 0.468 e. The summed E-state index contributed by atoms with van der Waals surface area (Å²) >= 11 is 0. The number of likely N-dealkylation sites (tertiary alicyclic amines) is 1. The number of hydrogen-bond donors (Lipinski definition) is 0. The normalized spacial score (nSPS) is 14.8. The van der Waals surface area contributed by atoms with E-state index >= 15 is 0 Å². The Labute approximate surface area is 209 Å². The Morgan fingerprint density at radius 1 is 1.00 bits per heavy atom. The van der Waals surface area contributed by atoms with Gasteiger partial charge in [0, 0.05) is 29.5 Å². The van der Waals surface area contributed by atoms with Crippen molar-refractivity contribution in [1.82, 2.24) is 10.1 Å². The number of aldehydes is 1. The molecule has 1 aliphatic heterocycles. The monoisotopic (exact) mass is 488 g/mol. The maximum absolute atomic E-state index is 13.4. The van der Waals surface area contributed by atoms with Crippen LogP contribution in [0.25, 0.3) is 22.1 Å². The molecule has 2 heterocycles. The lowest BCUT2D eigenvalue weighted by Gasteiger charge is -2.31. The quantitative estimate of drug-likeness (QED) is 0.153. The number of nitrogens with zero attached hydrogens (tertiary/aromatic N) is 2. The van der Waals surface area contributed by atoms with E-state index in [2.05, 4.69) is 10.1 Å². The van der Waals surface area contributed by atoms with E-state index in [4.69, 9.17) is 14.0 Å². The van der Waals surface area contributed by atoms with Crippen molar-refractivity contribution < 1.29 is 23.2 Å². The van der Waals surface area contributed by atoms with Crippen LogP contribution >= 0.6 is 0 Å². The SMILES string of the molecule is O=Cc1ccc(-c2ccc(OCOCCCN3CCC(c4noc5cc(F)ccc45)CC3)cc2)cc1. The topological polar surface area (TPSA) is 64.8 Å². The first-order valence-corrected chi connectivity index (χ1v) is 12.3. The third-order valence-electron chi connectivity index (χ3n) is 6.74. The molecule has 186 valence electrons. The Balaban J connectivity index is 0.983. The van der Waals surface area contributed by atoms with Crippen LogP contribution in [0, 0.1) is 5.82 Å². The second-order valence-electron chi connectivity index (χ2n) is 9.11. The molecule has 4 aromatic rings. The highest BCUT2D eigenvalue weighted by atomic mass is 19.1. The van der Waals surface area contributed by atoms with Gasteiger partial charge in [-0.1, -0.05) is 41.6 Å². The second-order valence-corrected chi connectivity index (χ2v) is 9.11. The van der Waals surface area contributed by atoms with Crippen LogP contribution in [0.15, 0.2) is 71.3 Å². The Bertz CT molecular complexity index is 1280. The molecule has 1 saturated heterocycles. The van der Waals surface area contributed by atoms with Crippen molar-refractivity contribution in [2.45, 2.75) is 25.2 Å². The average Bonchev–Trinajstić information content (AvgIpc) is 3.34. The van der Waals surface area contributed by atoms with Gasteiger partial charge >= 0.3 is 0 Å². The minimum absolute atomic E-state index is 0.218. The highest BCUT2D eigenvalue weighted by Crippen LogP contribution is 2.32. The van der Waals surface area contributed by atoms with Gasteiger partial charge in [-0.3, -0.25) is 4.79 Å². The van der Waals surface area contributed by atoms with Gasteiger partial charge in [0.25, 0.3) is 0 Å². The van der Waals surface area contributed by atoms with E-state index in [1.54, 1.807) is 6.07 Å². The van der Waals surface area contributed by atoms with Crippen LogP contribution in [0.4, 0.5) is 4.39 Å². The van der Waals surface area contributed by atoms with Crippen LogP contribution in [0.5, 0.6) is 5.75 Å². The molecule has 1 aromatic heterocycles. The molecule has 3 aromatic carbocycles. The first-order valence-electron chi connectivity index (χ1n) is 12.3. The van der Waals surface area contributed by atoms with Gasteiger partial charge in [0.2, 0.25) is 0 Å². The van der Waals surface area contributed by atoms with Crippen LogP contribution in [0.1, 0.15) is 41.2 Å². The number of benzene rings is 3. The third-order valence-corrected chi connectivity index (χ3v) is 6.74. The van der Waals surface area contributed by atoms with E-state index in [0.717, 1.165) is 73.1 Å². The molecule has 5 rings (SSSR count). The highest BCUT2D eigenvalue weighted by molar-refractivity contribution is 5.80. The predicted molar refractivity (Wildman–Crippen MR) is 136 cm³/mol. The summed E-state index contributed by atoms with van der Waals surface area (Å²) in [7, 11) is 0. The maximum atomic E-state index is 13.4. The number of aromatic nitrogens is 1. The molecule has 1 fully saturated rings. The Kier molecular flexibility index (Phi) is 7.69. The first kappa shape index (κ1) is 24.2. The lowest BCUT2D eigenvalue weighted by Crippen LogP contribution is -2.34. The maximum Gasteiger partial charge on any atom is 0.189 e.